The molecule has 0 radical (unpaired) electrons. The van der Waals surface area contributed by atoms with Gasteiger partial charge in [-0.3, -0.25) is 4.79 Å². The highest BCUT2D eigenvalue weighted by Crippen LogP contribution is 2.40. The fraction of sp³-hybridized carbons (Fsp3) is 0.812. The number of ether oxygens (including phenoxy) is 2. The molecule has 0 aromatic heterocycles. The van der Waals surface area contributed by atoms with E-state index in [4.69, 9.17) is 14.3 Å². The van der Waals surface area contributed by atoms with E-state index >= 15 is 0 Å². The predicted octanol–water partition coefficient (Wildman–Crippen LogP) is 2.24. The van der Waals surface area contributed by atoms with Crippen molar-refractivity contribution in [2.75, 3.05) is 6.61 Å². The monoisotopic (exact) mass is 326 g/mol. The lowest BCUT2D eigenvalue weighted by atomic mass is 9.92. The second kappa shape index (κ2) is 6.76. The Hall–Kier alpha value is -1.79. The van der Waals surface area contributed by atoms with Crippen molar-refractivity contribution in [3.63, 3.8) is 0 Å². The molecule has 1 aliphatic carbocycles. The molecule has 0 aromatic rings. The largest absolute Gasteiger partial charge is 0.466 e. The first-order valence-corrected chi connectivity index (χ1v) is 8.15. The molecule has 1 fully saturated rings. The summed E-state index contributed by atoms with van der Waals surface area (Å²) in [5, 5.41) is 6.92. The van der Waals surface area contributed by atoms with Crippen molar-refractivity contribution in [2.24, 2.45) is 17.0 Å². The Morgan fingerprint density at radius 3 is 2.61 bits per heavy atom. The molecule has 7 heteroatoms. The number of rotatable bonds is 4. The smallest absolute Gasteiger partial charge is 0.407 e. The number of nitrogens with zero attached hydrogens (tertiary/aromatic N) is 1. The Morgan fingerprint density at radius 2 is 2.04 bits per heavy atom. The van der Waals surface area contributed by atoms with Crippen LogP contribution >= 0.6 is 0 Å². The van der Waals surface area contributed by atoms with Crippen LogP contribution in [-0.2, 0) is 19.1 Å². The van der Waals surface area contributed by atoms with Crippen LogP contribution in [0.3, 0.4) is 0 Å². The molecule has 2 aliphatic rings. The topological polar surface area (TPSA) is 86.2 Å². The molecule has 0 saturated heterocycles. The van der Waals surface area contributed by atoms with Crippen LogP contribution < -0.4 is 5.32 Å². The number of carbonyl (C=O) groups excluding carboxylic acids is 2. The van der Waals surface area contributed by atoms with Crippen molar-refractivity contribution in [1.82, 2.24) is 5.32 Å². The third kappa shape index (κ3) is 3.95. The summed E-state index contributed by atoms with van der Waals surface area (Å²) < 4.78 is 10.5. The highest BCUT2D eigenvalue weighted by atomic mass is 16.6. The summed E-state index contributed by atoms with van der Waals surface area (Å²) in [4.78, 5) is 29.8. The molecule has 0 aromatic carbocycles. The van der Waals surface area contributed by atoms with E-state index in [0.717, 1.165) is 5.71 Å². The van der Waals surface area contributed by atoms with Crippen LogP contribution in [0.2, 0.25) is 0 Å². The maximum atomic E-state index is 12.2. The van der Waals surface area contributed by atoms with Crippen LogP contribution in [0, 0.1) is 11.8 Å². The van der Waals surface area contributed by atoms with Crippen molar-refractivity contribution in [3.8, 4) is 0 Å². The Balaban J connectivity index is 2.16. The third-order valence-corrected chi connectivity index (χ3v) is 4.03. The molecule has 1 N–H and O–H groups in total. The zero-order valence-electron chi connectivity index (χ0n) is 14.4. The Kier molecular flexibility index (Phi) is 5.16. The van der Waals surface area contributed by atoms with Gasteiger partial charge in [0.05, 0.1) is 30.2 Å². The van der Waals surface area contributed by atoms with E-state index in [-0.39, 0.29) is 18.0 Å². The maximum Gasteiger partial charge on any atom is 0.407 e. The van der Waals surface area contributed by atoms with Gasteiger partial charge in [-0.2, -0.15) is 0 Å². The molecule has 0 bridgehead atoms. The molecule has 1 heterocycles. The van der Waals surface area contributed by atoms with Gasteiger partial charge >= 0.3 is 12.1 Å². The highest BCUT2D eigenvalue weighted by Gasteiger charge is 2.53. The molecule has 1 saturated carbocycles. The number of hydrogen-bond acceptors (Lipinski definition) is 6. The fourth-order valence-electron chi connectivity index (χ4n) is 3.18. The van der Waals surface area contributed by atoms with E-state index in [1.165, 1.54) is 0 Å². The zero-order valence-corrected chi connectivity index (χ0v) is 14.4. The summed E-state index contributed by atoms with van der Waals surface area (Å²) >= 11 is 0. The number of carbonyl (C=O) groups is 2. The van der Waals surface area contributed by atoms with E-state index in [9.17, 15) is 9.59 Å². The second-order valence-electron chi connectivity index (χ2n) is 6.87. The molecule has 23 heavy (non-hydrogen) atoms. The van der Waals surface area contributed by atoms with Crippen LogP contribution in [0.1, 0.15) is 47.5 Å². The average molecular weight is 326 g/mol. The van der Waals surface area contributed by atoms with Crippen molar-refractivity contribution in [1.29, 1.82) is 0 Å². The molecule has 2 rings (SSSR count). The Morgan fingerprint density at radius 1 is 1.35 bits per heavy atom. The Labute approximate surface area is 136 Å². The summed E-state index contributed by atoms with van der Waals surface area (Å²) in [7, 11) is 0. The van der Waals surface area contributed by atoms with Gasteiger partial charge in [0, 0.05) is 6.42 Å². The normalized spacial score (nSPS) is 29.3. The number of esters is 1. The summed E-state index contributed by atoms with van der Waals surface area (Å²) in [5.41, 5.74) is 0.262. The number of nitrogens with one attached hydrogen (secondary N) is 1. The molecule has 7 nitrogen and oxygen atoms in total. The zero-order chi connectivity index (χ0) is 17.2. The van der Waals surface area contributed by atoms with Crippen LogP contribution in [0.5, 0.6) is 0 Å². The molecular formula is C16H26N2O5. The van der Waals surface area contributed by atoms with Gasteiger partial charge in [0.1, 0.15) is 11.7 Å². The average Bonchev–Trinajstić information content (AvgIpc) is 2.97. The van der Waals surface area contributed by atoms with Gasteiger partial charge in [0.25, 0.3) is 0 Å². The maximum absolute atomic E-state index is 12.2. The fourth-order valence-corrected chi connectivity index (χ4v) is 3.18. The third-order valence-electron chi connectivity index (χ3n) is 4.03. The molecule has 1 aliphatic heterocycles. The van der Waals surface area contributed by atoms with Gasteiger partial charge < -0.3 is 19.6 Å². The SMILES string of the molecule is CCOC(=O)[C@@H]1C[C@H]2ON=C(CC)C2[C@@H]1NC(=O)OC(C)(C)C. The molecule has 130 valence electrons. The van der Waals surface area contributed by atoms with Crippen molar-refractivity contribution >= 4 is 17.8 Å². The lowest BCUT2D eigenvalue weighted by molar-refractivity contribution is -0.148. The van der Waals surface area contributed by atoms with E-state index in [2.05, 4.69) is 10.5 Å². The second-order valence-corrected chi connectivity index (χ2v) is 6.87. The van der Waals surface area contributed by atoms with E-state index in [0.29, 0.717) is 19.4 Å². The van der Waals surface area contributed by atoms with E-state index < -0.39 is 23.7 Å². The molecule has 1 unspecified atom stereocenters. The van der Waals surface area contributed by atoms with Crippen LogP contribution in [0.4, 0.5) is 4.79 Å². The first-order chi connectivity index (χ1) is 10.8. The minimum absolute atomic E-state index is 0.109. The van der Waals surface area contributed by atoms with Gasteiger partial charge in [-0.25, -0.2) is 4.79 Å². The summed E-state index contributed by atoms with van der Waals surface area (Å²) in [6.45, 7) is 9.44. The van der Waals surface area contributed by atoms with E-state index in [1.54, 1.807) is 27.7 Å². The standard InChI is InChI=1S/C16H26N2O5/c1-6-10-12-11(23-18-10)8-9(14(19)21-7-2)13(12)17-15(20)22-16(3,4)5/h9,11-13H,6-8H2,1-5H3,(H,17,20)/t9-,11-,12?,13-/m1/s1. The highest BCUT2D eigenvalue weighted by molar-refractivity contribution is 5.91. The van der Waals surface area contributed by atoms with Gasteiger partial charge in [0.15, 0.2) is 0 Å². The first kappa shape index (κ1) is 17.6. The van der Waals surface area contributed by atoms with Crippen molar-refractivity contribution in [3.05, 3.63) is 0 Å². The summed E-state index contributed by atoms with van der Waals surface area (Å²) in [5.74, 6) is -0.876. The molecule has 4 atom stereocenters. The number of fused-ring (bicyclic) bond motifs is 1. The van der Waals surface area contributed by atoms with Crippen LogP contribution in [0.15, 0.2) is 5.16 Å². The number of alkyl carbamates (subject to hydrolysis) is 1. The quantitative estimate of drug-likeness (QED) is 0.801. The number of amides is 1. The number of oxime groups is 1. The lowest BCUT2D eigenvalue weighted by Gasteiger charge is -2.26. The van der Waals surface area contributed by atoms with Crippen molar-refractivity contribution in [2.45, 2.75) is 65.2 Å². The molecule has 1 amide bonds. The Bertz CT molecular complexity index is 497. The number of hydrogen-bond donors (Lipinski definition) is 1. The van der Waals surface area contributed by atoms with Gasteiger partial charge in [-0.15, -0.1) is 0 Å². The van der Waals surface area contributed by atoms with Crippen LogP contribution in [-0.4, -0.2) is 42.1 Å². The predicted molar refractivity (Wildman–Crippen MR) is 84.0 cm³/mol. The van der Waals surface area contributed by atoms with E-state index in [1.807, 2.05) is 6.92 Å². The lowest BCUT2D eigenvalue weighted by Crippen LogP contribution is -2.48. The summed E-state index contributed by atoms with van der Waals surface area (Å²) in [6.07, 6.45) is 0.458. The van der Waals surface area contributed by atoms with Crippen molar-refractivity contribution < 1.29 is 23.9 Å². The van der Waals surface area contributed by atoms with Gasteiger partial charge in [0.2, 0.25) is 0 Å². The van der Waals surface area contributed by atoms with Gasteiger partial charge in [-0.05, 0) is 34.1 Å². The molecule has 0 spiro atoms. The minimum atomic E-state index is -0.602. The minimum Gasteiger partial charge on any atom is -0.466 e. The van der Waals surface area contributed by atoms with Crippen LogP contribution in [0.25, 0.3) is 0 Å². The molecular weight excluding hydrogens is 300 g/mol. The summed E-state index contributed by atoms with van der Waals surface area (Å²) in [6, 6.07) is -0.421. The first-order valence-electron chi connectivity index (χ1n) is 8.15. The van der Waals surface area contributed by atoms with Gasteiger partial charge in [-0.1, -0.05) is 12.1 Å².